The largest absolute Gasteiger partial charge is 0.490 e. The summed E-state index contributed by atoms with van der Waals surface area (Å²) in [4.78, 5) is 29.4. The maximum absolute atomic E-state index is 11.8. The first-order valence-electron chi connectivity index (χ1n) is 12.5. The summed E-state index contributed by atoms with van der Waals surface area (Å²) in [5.74, 6) is 1.78. The minimum Gasteiger partial charge on any atom is -0.490 e. The molecular weight excluding hydrogens is 500 g/mol. The number of thiophene rings is 2. The van der Waals surface area contributed by atoms with E-state index in [2.05, 4.69) is 13.8 Å². The number of ether oxygens (including phenoxy) is 4. The van der Waals surface area contributed by atoms with Crippen LogP contribution in [0.3, 0.4) is 0 Å². The maximum atomic E-state index is 11.8. The minimum absolute atomic E-state index is 0.0762. The van der Waals surface area contributed by atoms with E-state index in [1.54, 1.807) is 36.5 Å². The quantitative estimate of drug-likeness (QED) is 0.238. The first-order chi connectivity index (χ1) is 17.5. The van der Waals surface area contributed by atoms with Crippen LogP contribution in [0.5, 0.6) is 11.5 Å². The number of nitrogens with zero attached hydrogens (tertiary/aromatic N) is 2. The van der Waals surface area contributed by atoms with Crippen molar-refractivity contribution in [1.29, 1.82) is 0 Å². The average molecular weight is 541 g/mol. The van der Waals surface area contributed by atoms with E-state index in [4.69, 9.17) is 18.9 Å². The molecule has 202 valence electrons. The lowest BCUT2D eigenvalue weighted by Gasteiger charge is -2.20. The summed E-state index contributed by atoms with van der Waals surface area (Å²) >= 11 is 3.20. The first-order valence-corrected chi connectivity index (χ1v) is 14.3. The van der Waals surface area contributed by atoms with Crippen molar-refractivity contribution in [1.82, 2.24) is 9.80 Å². The molecule has 0 atom stereocenters. The zero-order chi connectivity index (χ0) is 26.2. The second-order valence-corrected chi connectivity index (χ2v) is 10.2. The maximum Gasteiger partial charge on any atom is 0.219 e. The Hall–Kier alpha value is -2.14. The highest BCUT2D eigenvalue weighted by Crippen LogP contribution is 2.27. The van der Waals surface area contributed by atoms with Crippen LogP contribution in [0.4, 0.5) is 0 Å². The Kier molecular flexibility index (Phi) is 14.5. The van der Waals surface area contributed by atoms with Gasteiger partial charge in [0.1, 0.15) is 24.7 Å². The SMILES string of the molecule is CCCN(Cc1sccc1OCCOCCOCCOc1ccsc1CN(CCC)C(C)=O)C(C)=O. The monoisotopic (exact) mass is 540 g/mol. The van der Waals surface area contributed by atoms with Crippen LogP contribution >= 0.6 is 22.7 Å². The van der Waals surface area contributed by atoms with Gasteiger partial charge in [0.2, 0.25) is 11.8 Å². The van der Waals surface area contributed by atoms with Crippen molar-refractivity contribution >= 4 is 34.5 Å². The molecule has 2 heterocycles. The van der Waals surface area contributed by atoms with Crippen molar-refractivity contribution in [3.63, 3.8) is 0 Å². The molecule has 2 aromatic rings. The molecule has 0 fully saturated rings. The van der Waals surface area contributed by atoms with Gasteiger partial charge in [0, 0.05) is 26.9 Å². The highest BCUT2D eigenvalue weighted by molar-refractivity contribution is 7.10. The number of hydrogen-bond acceptors (Lipinski definition) is 8. The molecule has 0 spiro atoms. The molecule has 8 nitrogen and oxygen atoms in total. The third kappa shape index (κ3) is 10.9. The molecule has 0 saturated carbocycles. The summed E-state index contributed by atoms with van der Waals surface area (Å²) in [6.45, 7) is 12.7. The fraction of sp³-hybridized carbons (Fsp3) is 0.615. The first kappa shape index (κ1) is 30.1. The molecular formula is C26H40N2O6S2. The van der Waals surface area contributed by atoms with Gasteiger partial charge in [0.25, 0.3) is 0 Å². The number of rotatable bonds is 19. The molecule has 2 amide bonds. The van der Waals surface area contributed by atoms with Gasteiger partial charge >= 0.3 is 0 Å². The Morgan fingerprint density at radius 2 is 1.08 bits per heavy atom. The average Bonchev–Trinajstić information content (AvgIpc) is 3.48. The molecule has 0 bridgehead atoms. The van der Waals surface area contributed by atoms with Gasteiger partial charge < -0.3 is 28.7 Å². The van der Waals surface area contributed by atoms with E-state index >= 15 is 0 Å². The van der Waals surface area contributed by atoms with E-state index in [1.165, 1.54) is 0 Å². The van der Waals surface area contributed by atoms with E-state index in [0.717, 1.165) is 47.2 Å². The van der Waals surface area contributed by atoms with E-state index < -0.39 is 0 Å². The van der Waals surface area contributed by atoms with Crippen LogP contribution in [0.25, 0.3) is 0 Å². The van der Waals surface area contributed by atoms with Gasteiger partial charge in [-0.15, -0.1) is 22.7 Å². The van der Waals surface area contributed by atoms with Crippen molar-refractivity contribution < 1.29 is 28.5 Å². The molecule has 36 heavy (non-hydrogen) atoms. The Morgan fingerprint density at radius 1 is 0.694 bits per heavy atom. The summed E-state index contributed by atoms with van der Waals surface area (Å²) in [6.07, 6.45) is 1.86. The van der Waals surface area contributed by atoms with Crippen LogP contribution in [0.1, 0.15) is 50.3 Å². The van der Waals surface area contributed by atoms with Crippen LogP contribution in [-0.2, 0) is 32.2 Å². The van der Waals surface area contributed by atoms with E-state index in [0.29, 0.717) is 52.7 Å². The van der Waals surface area contributed by atoms with E-state index in [1.807, 2.05) is 32.7 Å². The Balaban J connectivity index is 1.56. The number of carbonyl (C=O) groups excluding carboxylic acids is 2. The molecule has 0 aliphatic rings. The second kappa shape index (κ2) is 17.3. The normalized spacial score (nSPS) is 10.9. The standard InChI is InChI=1S/C26H40N2O6S2/c1-5-9-27(21(3)29)19-25-23(7-17-35-25)33-15-13-31-11-12-32-14-16-34-24-8-18-36-26(24)20-28(10-6-2)22(4)30/h7-8,17-18H,5-6,9-16,19-20H2,1-4H3. The van der Waals surface area contributed by atoms with E-state index in [-0.39, 0.29) is 11.8 Å². The van der Waals surface area contributed by atoms with Gasteiger partial charge in [-0.25, -0.2) is 0 Å². The van der Waals surface area contributed by atoms with Crippen molar-refractivity contribution in [2.75, 3.05) is 52.7 Å². The number of hydrogen-bond donors (Lipinski definition) is 0. The van der Waals surface area contributed by atoms with Gasteiger partial charge in [-0.05, 0) is 35.7 Å². The molecule has 0 N–H and O–H groups in total. The summed E-state index contributed by atoms with van der Waals surface area (Å²) in [5, 5.41) is 3.96. The zero-order valence-electron chi connectivity index (χ0n) is 22.0. The lowest BCUT2D eigenvalue weighted by molar-refractivity contribution is -0.130. The molecule has 0 aliphatic carbocycles. The summed E-state index contributed by atoms with van der Waals surface area (Å²) in [5.41, 5.74) is 0. The highest BCUT2D eigenvalue weighted by atomic mass is 32.1. The fourth-order valence-corrected chi connectivity index (χ4v) is 5.13. The number of carbonyl (C=O) groups is 2. The lowest BCUT2D eigenvalue weighted by Crippen LogP contribution is -2.28. The molecule has 10 heteroatoms. The smallest absolute Gasteiger partial charge is 0.219 e. The number of amides is 2. The van der Waals surface area contributed by atoms with Crippen LogP contribution in [-0.4, -0.2) is 74.3 Å². The molecule has 0 aromatic carbocycles. The second-order valence-electron chi connectivity index (χ2n) is 8.22. The predicted molar refractivity (Wildman–Crippen MR) is 144 cm³/mol. The highest BCUT2D eigenvalue weighted by Gasteiger charge is 2.14. The molecule has 0 radical (unpaired) electrons. The van der Waals surface area contributed by atoms with Crippen LogP contribution < -0.4 is 9.47 Å². The Morgan fingerprint density at radius 3 is 1.44 bits per heavy atom. The van der Waals surface area contributed by atoms with Crippen LogP contribution in [0.15, 0.2) is 22.9 Å². The van der Waals surface area contributed by atoms with Crippen molar-refractivity contribution in [2.24, 2.45) is 0 Å². The third-order valence-electron chi connectivity index (χ3n) is 5.30. The zero-order valence-corrected chi connectivity index (χ0v) is 23.6. The molecule has 2 rings (SSSR count). The molecule has 2 aromatic heterocycles. The summed E-state index contributed by atoms with van der Waals surface area (Å²) in [6, 6.07) is 3.88. The van der Waals surface area contributed by atoms with Gasteiger partial charge in [-0.3, -0.25) is 9.59 Å². The van der Waals surface area contributed by atoms with Crippen LogP contribution in [0, 0.1) is 0 Å². The van der Waals surface area contributed by atoms with Gasteiger partial charge in [-0.1, -0.05) is 13.8 Å². The van der Waals surface area contributed by atoms with Crippen LogP contribution in [0.2, 0.25) is 0 Å². The van der Waals surface area contributed by atoms with Crippen molar-refractivity contribution in [3.05, 3.63) is 32.6 Å². The third-order valence-corrected chi connectivity index (χ3v) is 7.07. The summed E-state index contributed by atoms with van der Waals surface area (Å²) < 4.78 is 22.9. The molecule has 0 saturated heterocycles. The molecule has 0 aliphatic heterocycles. The van der Waals surface area contributed by atoms with Gasteiger partial charge in [-0.2, -0.15) is 0 Å². The molecule has 0 unspecified atom stereocenters. The van der Waals surface area contributed by atoms with E-state index in [9.17, 15) is 9.59 Å². The Labute approximate surface area is 223 Å². The predicted octanol–water partition coefficient (Wildman–Crippen LogP) is 4.82. The van der Waals surface area contributed by atoms with Crippen molar-refractivity contribution in [3.8, 4) is 11.5 Å². The lowest BCUT2D eigenvalue weighted by atomic mass is 10.3. The fourth-order valence-electron chi connectivity index (χ4n) is 3.47. The Bertz CT molecular complexity index is 828. The summed E-state index contributed by atoms with van der Waals surface area (Å²) in [7, 11) is 0. The van der Waals surface area contributed by atoms with Gasteiger partial charge in [0.15, 0.2) is 0 Å². The topological polar surface area (TPSA) is 77.5 Å². The van der Waals surface area contributed by atoms with Crippen molar-refractivity contribution in [2.45, 2.75) is 53.6 Å². The minimum atomic E-state index is 0.0762. The van der Waals surface area contributed by atoms with Gasteiger partial charge in [0.05, 0.1) is 49.3 Å².